The van der Waals surface area contributed by atoms with Crippen molar-refractivity contribution in [2.75, 3.05) is 18.8 Å². The van der Waals surface area contributed by atoms with Crippen LogP contribution in [-0.2, 0) is 12.6 Å². The topological polar surface area (TPSA) is 105 Å². The minimum atomic E-state index is -4.90. The zero-order chi connectivity index (χ0) is 24.9. The van der Waals surface area contributed by atoms with Gasteiger partial charge in [-0.2, -0.15) is 23.5 Å². The Hall–Kier alpha value is -2.97. The van der Waals surface area contributed by atoms with Gasteiger partial charge in [-0.15, -0.1) is 0 Å². The van der Waals surface area contributed by atoms with Gasteiger partial charge in [-0.25, -0.2) is 14.4 Å². The van der Waals surface area contributed by atoms with Gasteiger partial charge < -0.3 is 11.1 Å². The number of aryl methyl sites for hydroxylation is 1. The third kappa shape index (κ3) is 4.65. The van der Waals surface area contributed by atoms with Crippen LogP contribution in [0.15, 0.2) is 12.3 Å². The molecule has 3 aromatic rings. The molecule has 4 heterocycles. The Bertz CT molecular complexity index is 1320. The number of hydrogen-bond acceptors (Lipinski definition) is 6. The maximum absolute atomic E-state index is 15.5. The maximum Gasteiger partial charge on any atom is 0.420 e. The molecule has 7 nitrogen and oxygen atoms in total. The number of piperidine rings is 1. The molecule has 1 saturated heterocycles. The molecule has 2 saturated carbocycles. The lowest BCUT2D eigenvalue weighted by Gasteiger charge is -2.16. The van der Waals surface area contributed by atoms with Gasteiger partial charge in [-0.3, -0.25) is 4.68 Å². The van der Waals surface area contributed by atoms with Gasteiger partial charge in [0, 0.05) is 23.8 Å². The molecular formula is C23H22ClF4N7. The minimum Gasteiger partial charge on any atom is -0.384 e. The molecule has 35 heavy (non-hydrogen) atoms. The summed E-state index contributed by atoms with van der Waals surface area (Å²) in [6, 6.07) is 2.84. The van der Waals surface area contributed by atoms with Crippen LogP contribution in [0.5, 0.6) is 0 Å². The third-order valence-electron chi connectivity index (χ3n) is 6.55. The van der Waals surface area contributed by atoms with Crippen molar-refractivity contribution in [3.63, 3.8) is 0 Å². The average molecular weight is 508 g/mol. The molecule has 0 aromatic carbocycles. The Labute approximate surface area is 203 Å². The molecule has 3 N–H and O–H groups in total. The molecule has 1 aliphatic heterocycles. The Morgan fingerprint density at radius 3 is 2.49 bits per heavy atom. The number of hydrogen-bond donors (Lipinski definition) is 2. The highest BCUT2D eigenvalue weighted by atomic mass is 35.5. The van der Waals surface area contributed by atoms with Gasteiger partial charge >= 0.3 is 6.18 Å². The monoisotopic (exact) mass is 507 g/mol. The molecule has 3 aliphatic rings. The first-order valence-corrected chi connectivity index (χ1v) is 11.7. The number of nitriles is 1. The quantitative estimate of drug-likeness (QED) is 0.384. The molecule has 0 radical (unpaired) electrons. The summed E-state index contributed by atoms with van der Waals surface area (Å²) in [6.45, 7) is 2.62. The van der Waals surface area contributed by atoms with E-state index in [-0.39, 0.29) is 35.9 Å². The molecule has 2 atom stereocenters. The van der Waals surface area contributed by atoms with Gasteiger partial charge in [-0.1, -0.05) is 11.6 Å². The summed E-state index contributed by atoms with van der Waals surface area (Å²) in [4.78, 5) is 7.58. The van der Waals surface area contributed by atoms with Crippen molar-refractivity contribution in [1.29, 1.82) is 5.26 Å². The van der Waals surface area contributed by atoms with E-state index in [0.717, 1.165) is 30.7 Å². The lowest BCUT2D eigenvalue weighted by atomic mass is 10.0. The highest BCUT2D eigenvalue weighted by Crippen LogP contribution is 2.44. The smallest absolute Gasteiger partial charge is 0.384 e. The predicted molar refractivity (Wildman–Crippen MR) is 122 cm³/mol. The lowest BCUT2D eigenvalue weighted by Crippen LogP contribution is -2.12. The number of alkyl halides is 3. The van der Waals surface area contributed by atoms with E-state index in [2.05, 4.69) is 20.4 Å². The summed E-state index contributed by atoms with van der Waals surface area (Å²) in [7, 11) is 0. The van der Waals surface area contributed by atoms with Crippen LogP contribution in [0.4, 0.5) is 23.4 Å². The fourth-order valence-electron chi connectivity index (χ4n) is 4.54. The fraction of sp³-hybridized carbons (Fsp3) is 0.478. The molecule has 0 spiro atoms. The summed E-state index contributed by atoms with van der Waals surface area (Å²) >= 11 is 5.71. The predicted octanol–water partition coefficient (Wildman–Crippen LogP) is 4.90. The number of pyridine rings is 2. The molecule has 0 bridgehead atoms. The van der Waals surface area contributed by atoms with E-state index in [1.807, 2.05) is 6.07 Å². The molecule has 0 amide bonds. The van der Waals surface area contributed by atoms with Crippen LogP contribution in [0.3, 0.4) is 0 Å². The minimum absolute atomic E-state index is 0.0192. The first kappa shape index (κ1) is 23.8. The van der Waals surface area contributed by atoms with Crippen molar-refractivity contribution in [3.8, 4) is 17.3 Å². The number of nitrogens with one attached hydrogen (secondary N) is 1. The summed E-state index contributed by atoms with van der Waals surface area (Å²) < 4.78 is 57.9. The Balaban J connectivity index is 0.000000362. The highest BCUT2D eigenvalue weighted by molar-refractivity contribution is 6.30. The van der Waals surface area contributed by atoms with Crippen LogP contribution in [0.1, 0.15) is 43.0 Å². The second-order valence-corrected chi connectivity index (χ2v) is 9.49. The largest absolute Gasteiger partial charge is 0.420 e. The number of fused-ring (bicyclic) bond motifs is 2. The number of aromatic nitrogens is 4. The van der Waals surface area contributed by atoms with Crippen LogP contribution in [0.25, 0.3) is 22.2 Å². The second kappa shape index (κ2) is 8.91. The van der Waals surface area contributed by atoms with Crippen molar-refractivity contribution in [2.24, 2.45) is 11.8 Å². The van der Waals surface area contributed by atoms with E-state index >= 15 is 4.39 Å². The third-order valence-corrected chi connectivity index (χ3v) is 6.82. The van der Waals surface area contributed by atoms with Crippen molar-refractivity contribution >= 4 is 28.3 Å². The van der Waals surface area contributed by atoms with Crippen LogP contribution >= 0.6 is 11.6 Å². The first-order valence-electron chi connectivity index (χ1n) is 11.4. The average Bonchev–Trinajstić information content (AvgIpc) is 3.69. The van der Waals surface area contributed by atoms with Crippen molar-refractivity contribution in [2.45, 2.75) is 44.3 Å². The normalized spacial score (nSPS) is 20.8. The van der Waals surface area contributed by atoms with Crippen LogP contribution in [-0.4, -0.2) is 32.8 Å². The Morgan fingerprint density at radius 1 is 1.23 bits per heavy atom. The molecule has 6 rings (SSSR count). The summed E-state index contributed by atoms with van der Waals surface area (Å²) in [6.07, 6.45) is -0.169. The number of nitrogen functional groups attached to an aromatic ring is 1. The number of halogens is 5. The SMILES string of the molecule is C1NCC2CC12.N#CCCc1nc(-c2cc(N)nc(Cl)c2C(F)(F)F)c(F)c2c1cnn2C1CC1. The lowest BCUT2D eigenvalue weighted by molar-refractivity contribution is -0.137. The molecule has 184 valence electrons. The van der Waals surface area contributed by atoms with Gasteiger partial charge in [0.15, 0.2) is 5.82 Å². The Kier molecular flexibility index (Phi) is 6.05. The fourth-order valence-corrected chi connectivity index (χ4v) is 4.85. The van der Waals surface area contributed by atoms with Crippen LogP contribution in [0.2, 0.25) is 5.15 Å². The van der Waals surface area contributed by atoms with Crippen molar-refractivity contribution in [1.82, 2.24) is 25.1 Å². The maximum atomic E-state index is 15.5. The van der Waals surface area contributed by atoms with E-state index in [9.17, 15) is 13.2 Å². The van der Waals surface area contributed by atoms with E-state index in [1.165, 1.54) is 30.4 Å². The number of rotatable bonds is 4. The second-order valence-electron chi connectivity index (χ2n) is 9.13. The Morgan fingerprint density at radius 2 is 1.94 bits per heavy atom. The summed E-state index contributed by atoms with van der Waals surface area (Å²) in [5.41, 5.74) is 3.46. The van der Waals surface area contributed by atoms with Gasteiger partial charge in [0.2, 0.25) is 0 Å². The zero-order valence-electron chi connectivity index (χ0n) is 18.5. The van der Waals surface area contributed by atoms with E-state index in [1.54, 1.807) is 0 Å². The van der Waals surface area contributed by atoms with Gasteiger partial charge in [0.1, 0.15) is 27.7 Å². The summed E-state index contributed by atoms with van der Waals surface area (Å²) in [5.74, 6) is 0.959. The van der Waals surface area contributed by atoms with Crippen LogP contribution in [0, 0.1) is 29.0 Å². The van der Waals surface area contributed by atoms with Crippen LogP contribution < -0.4 is 11.1 Å². The molecule has 12 heteroatoms. The molecular weight excluding hydrogens is 486 g/mol. The molecule has 2 unspecified atom stereocenters. The van der Waals surface area contributed by atoms with Gasteiger partial charge in [-0.05, 0) is 50.3 Å². The first-order chi connectivity index (χ1) is 16.7. The number of nitrogens with zero attached hydrogens (tertiary/aromatic N) is 5. The summed E-state index contributed by atoms with van der Waals surface area (Å²) in [5, 5.41) is 15.9. The van der Waals surface area contributed by atoms with Crippen molar-refractivity contribution in [3.05, 3.63) is 34.5 Å². The molecule has 3 aromatic heterocycles. The van der Waals surface area contributed by atoms with Gasteiger partial charge in [0.05, 0.1) is 24.0 Å². The van der Waals surface area contributed by atoms with E-state index in [0.29, 0.717) is 5.39 Å². The standard InChI is InChI=1S/C18H13ClF4N6.C5H9N/c19-17-13(18(21,22)23)9(6-12(25)28-17)15-14(20)16-10(11(27-15)2-1-5-24)7-26-29(16)8-3-4-8;1-4-2-6-3-5(1)4/h6-8H,1-4H2,(H2,25,28);4-6H,1-3H2. The van der Waals surface area contributed by atoms with Crippen molar-refractivity contribution < 1.29 is 17.6 Å². The molecule has 2 aliphatic carbocycles. The number of anilines is 1. The van der Waals surface area contributed by atoms with Gasteiger partial charge in [0.25, 0.3) is 0 Å². The van der Waals surface area contributed by atoms with E-state index < -0.39 is 34.0 Å². The number of nitrogens with two attached hydrogens (primary N) is 1. The molecule has 3 fully saturated rings. The van der Waals surface area contributed by atoms with E-state index in [4.69, 9.17) is 22.6 Å². The highest BCUT2D eigenvalue weighted by Gasteiger charge is 2.41. The zero-order valence-corrected chi connectivity index (χ0v) is 19.3.